The molecule has 0 aromatic rings. The summed E-state index contributed by atoms with van der Waals surface area (Å²) in [6.45, 7) is 0.868. The summed E-state index contributed by atoms with van der Waals surface area (Å²) < 4.78 is 34.6. The van der Waals surface area contributed by atoms with Crippen LogP contribution >= 0.6 is 0 Å². The van der Waals surface area contributed by atoms with E-state index >= 15 is 0 Å². The van der Waals surface area contributed by atoms with Gasteiger partial charge in [-0.15, -0.1) is 0 Å². The summed E-state index contributed by atoms with van der Waals surface area (Å²) in [6.07, 6.45) is -1.97. The first-order valence-electron chi connectivity index (χ1n) is 1.96. The molecule has 0 rings (SSSR count). The fourth-order valence-corrected chi connectivity index (χ4v) is 0. The van der Waals surface area contributed by atoms with Crippen molar-refractivity contribution in [1.82, 2.24) is 0 Å². The normalized spacial score (nSPS) is 17.1. The minimum Gasteiger partial charge on any atom is -0.242 e. The second kappa shape index (κ2) is 1.86. The van der Waals surface area contributed by atoms with Gasteiger partial charge in [-0.2, -0.15) is 0 Å². The highest BCUT2D eigenvalue weighted by Gasteiger charge is 2.28. The molecule has 44 valence electrons. The van der Waals surface area contributed by atoms with Gasteiger partial charge in [0.25, 0.3) is 0 Å². The lowest BCUT2D eigenvalue weighted by Crippen LogP contribution is -2.26. The molecule has 0 saturated heterocycles. The monoisotopic (exact) mass is 128 g/mol. The van der Waals surface area contributed by atoms with E-state index in [1.807, 2.05) is 0 Å². The average molecular weight is 128 g/mol. The van der Waals surface area contributed by atoms with Gasteiger partial charge in [0, 0.05) is 0 Å². The lowest BCUT2D eigenvalue weighted by Gasteiger charge is -2.09. The first-order valence-corrected chi connectivity index (χ1v) is 2.96. The Bertz CT molecular complexity index is 55.7. The summed E-state index contributed by atoms with van der Waals surface area (Å²) >= 11 is 0. The van der Waals surface area contributed by atoms with Crippen LogP contribution in [0, 0.1) is 0 Å². The standard InChI is InChI=1S/C3H7F3Si/c1-2(4)3(5,6)7/h2H,1,7H3. The average Bonchev–Trinajstić information content (AvgIpc) is 1.31. The van der Waals surface area contributed by atoms with Gasteiger partial charge in [0.05, 0.1) is 10.2 Å². The van der Waals surface area contributed by atoms with E-state index in [2.05, 4.69) is 0 Å². The quantitative estimate of drug-likeness (QED) is 0.446. The SMILES string of the molecule is CC(F)C(F)(F)[SiH3]. The van der Waals surface area contributed by atoms with Crippen LogP contribution in [-0.2, 0) is 0 Å². The molecule has 0 aromatic heterocycles. The Balaban J connectivity index is 3.54. The van der Waals surface area contributed by atoms with Crippen LogP contribution in [0.1, 0.15) is 6.92 Å². The Morgan fingerprint density at radius 3 is 1.71 bits per heavy atom. The molecule has 1 unspecified atom stereocenters. The molecule has 0 bridgehead atoms. The maximum absolute atomic E-state index is 11.5. The minimum atomic E-state index is -3.03. The van der Waals surface area contributed by atoms with Crippen LogP contribution in [0.15, 0.2) is 0 Å². The van der Waals surface area contributed by atoms with E-state index < -0.39 is 22.0 Å². The van der Waals surface area contributed by atoms with Gasteiger partial charge in [-0.05, 0) is 6.92 Å². The van der Waals surface area contributed by atoms with Gasteiger partial charge in [-0.1, -0.05) is 0 Å². The number of hydrogen-bond acceptors (Lipinski definition) is 0. The third kappa shape index (κ3) is 2.67. The predicted molar refractivity (Wildman–Crippen MR) is 25.5 cm³/mol. The van der Waals surface area contributed by atoms with Crippen molar-refractivity contribution >= 4 is 10.2 Å². The number of halogens is 3. The molecule has 0 aliphatic carbocycles. The molecule has 0 saturated carbocycles. The molecule has 0 aliphatic rings. The van der Waals surface area contributed by atoms with Crippen LogP contribution in [0.3, 0.4) is 0 Å². The second-order valence-corrected chi connectivity index (χ2v) is 2.91. The second-order valence-electron chi connectivity index (χ2n) is 1.57. The lowest BCUT2D eigenvalue weighted by molar-refractivity contribution is 0.0152. The van der Waals surface area contributed by atoms with Crippen molar-refractivity contribution in [2.75, 3.05) is 0 Å². The van der Waals surface area contributed by atoms with Crippen LogP contribution in [0.5, 0.6) is 0 Å². The molecule has 1 atom stereocenters. The van der Waals surface area contributed by atoms with E-state index in [0.717, 1.165) is 6.92 Å². The highest BCUT2D eigenvalue weighted by Crippen LogP contribution is 2.15. The Morgan fingerprint density at radius 1 is 1.57 bits per heavy atom. The van der Waals surface area contributed by atoms with Gasteiger partial charge in [0.1, 0.15) is 0 Å². The van der Waals surface area contributed by atoms with E-state index in [-0.39, 0.29) is 0 Å². The Labute approximate surface area is 43.1 Å². The van der Waals surface area contributed by atoms with E-state index in [4.69, 9.17) is 0 Å². The summed E-state index contributed by atoms with van der Waals surface area (Å²) in [7, 11) is -0.396. The molecule has 0 nitrogen and oxygen atoms in total. The van der Waals surface area contributed by atoms with E-state index in [9.17, 15) is 13.2 Å². The van der Waals surface area contributed by atoms with Crippen molar-refractivity contribution in [3.8, 4) is 0 Å². The van der Waals surface area contributed by atoms with Crippen LogP contribution in [0.2, 0.25) is 0 Å². The zero-order chi connectivity index (χ0) is 6.08. The Kier molecular flexibility index (Phi) is 1.86. The van der Waals surface area contributed by atoms with Crippen molar-refractivity contribution < 1.29 is 13.2 Å². The predicted octanol–water partition coefficient (Wildman–Crippen LogP) is 0.303. The van der Waals surface area contributed by atoms with Crippen LogP contribution < -0.4 is 0 Å². The van der Waals surface area contributed by atoms with E-state index in [1.165, 1.54) is 0 Å². The molecule has 7 heavy (non-hydrogen) atoms. The smallest absolute Gasteiger partial charge is 0.242 e. The highest BCUT2D eigenvalue weighted by atomic mass is 28.1. The Morgan fingerprint density at radius 2 is 1.71 bits per heavy atom. The minimum absolute atomic E-state index is 0.396. The third-order valence-corrected chi connectivity index (χ3v) is 1.49. The fraction of sp³-hybridized carbons (Fsp3) is 1.00. The molecule has 0 aromatic carbocycles. The molecule has 4 heteroatoms. The molecule has 0 radical (unpaired) electrons. The van der Waals surface area contributed by atoms with E-state index in [1.54, 1.807) is 0 Å². The maximum atomic E-state index is 11.5. The first kappa shape index (κ1) is 7.01. The lowest BCUT2D eigenvalue weighted by atomic mass is 10.5. The molecule has 0 aliphatic heterocycles. The summed E-state index contributed by atoms with van der Waals surface area (Å²) in [5, 5.41) is 0. The van der Waals surface area contributed by atoms with Gasteiger partial charge in [-0.3, -0.25) is 0 Å². The number of rotatable bonds is 1. The summed E-state index contributed by atoms with van der Waals surface area (Å²) in [6, 6.07) is 0. The molecule has 0 N–H and O–H groups in total. The zero-order valence-corrected chi connectivity index (χ0v) is 6.21. The molecule has 0 amide bonds. The van der Waals surface area contributed by atoms with Crippen LogP contribution in [-0.4, -0.2) is 22.0 Å². The molecule has 0 fully saturated rings. The molecular weight excluding hydrogens is 121 g/mol. The topological polar surface area (TPSA) is 0 Å². The summed E-state index contributed by atoms with van der Waals surface area (Å²) in [4.78, 5) is 0. The number of alkyl halides is 3. The van der Waals surface area contributed by atoms with Gasteiger partial charge in [-0.25, -0.2) is 13.2 Å². The highest BCUT2D eigenvalue weighted by molar-refractivity contribution is 6.13. The van der Waals surface area contributed by atoms with Crippen LogP contribution in [0.25, 0.3) is 0 Å². The summed E-state index contributed by atoms with van der Waals surface area (Å²) in [5.74, 6) is 0. The Hall–Kier alpha value is 0.00688. The first-order chi connectivity index (χ1) is 2.94. The molecule has 0 spiro atoms. The maximum Gasteiger partial charge on any atom is 0.249 e. The van der Waals surface area contributed by atoms with Crippen LogP contribution in [0.4, 0.5) is 13.2 Å². The van der Waals surface area contributed by atoms with Crippen molar-refractivity contribution in [3.05, 3.63) is 0 Å². The van der Waals surface area contributed by atoms with Crippen molar-refractivity contribution in [2.45, 2.75) is 18.6 Å². The van der Waals surface area contributed by atoms with E-state index in [0.29, 0.717) is 0 Å². The van der Waals surface area contributed by atoms with Gasteiger partial charge in [0.2, 0.25) is 5.55 Å². The largest absolute Gasteiger partial charge is 0.249 e. The zero-order valence-electron chi connectivity index (χ0n) is 4.21. The van der Waals surface area contributed by atoms with Crippen molar-refractivity contribution in [1.29, 1.82) is 0 Å². The summed E-state index contributed by atoms with van der Waals surface area (Å²) in [5.41, 5.74) is -3.03. The van der Waals surface area contributed by atoms with Gasteiger partial charge >= 0.3 is 0 Å². The third-order valence-electron chi connectivity index (χ3n) is 0.698. The van der Waals surface area contributed by atoms with Gasteiger partial charge < -0.3 is 0 Å². The van der Waals surface area contributed by atoms with Gasteiger partial charge in [0.15, 0.2) is 6.17 Å². The molecule has 0 heterocycles. The van der Waals surface area contributed by atoms with Crippen molar-refractivity contribution in [2.24, 2.45) is 0 Å². The molecular formula is C3H7F3Si. The number of hydrogen-bond donors (Lipinski definition) is 0. The van der Waals surface area contributed by atoms with Crippen molar-refractivity contribution in [3.63, 3.8) is 0 Å². The fourth-order valence-electron chi connectivity index (χ4n) is 0.